The van der Waals surface area contributed by atoms with Crippen molar-refractivity contribution in [2.24, 2.45) is 0 Å². The number of amides is 1. The van der Waals surface area contributed by atoms with Crippen molar-refractivity contribution in [1.29, 1.82) is 5.26 Å². The summed E-state index contributed by atoms with van der Waals surface area (Å²) in [6.45, 7) is 3.99. The summed E-state index contributed by atoms with van der Waals surface area (Å²) in [5.41, 5.74) is 3.86. The number of benzene rings is 3. The van der Waals surface area contributed by atoms with E-state index in [9.17, 15) is 14.4 Å². The normalized spacial score (nSPS) is 11.1. The molecule has 0 unspecified atom stereocenters. The van der Waals surface area contributed by atoms with Gasteiger partial charge >= 0.3 is 0 Å². The van der Waals surface area contributed by atoms with Gasteiger partial charge in [0.2, 0.25) is 0 Å². The maximum atomic E-state index is 13.9. The molecule has 0 aliphatic carbocycles. The number of hydrogen-bond acceptors (Lipinski definition) is 3. The van der Waals surface area contributed by atoms with Crippen LogP contribution in [0.15, 0.2) is 60.2 Å². The van der Waals surface area contributed by atoms with Crippen molar-refractivity contribution in [1.82, 2.24) is 0 Å². The van der Waals surface area contributed by atoms with Crippen LogP contribution in [0, 0.1) is 38.1 Å². The lowest BCUT2D eigenvalue weighted by Gasteiger charge is -2.12. The van der Waals surface area contributed by atoms with E-state index in [-0.39, 0.29) is 18.0 Å². The Bertz CT molecular complexity index is 1230. The molecule has 0 aliphatic rings. The Labute approximate surface area is 213 Å². The highest BCUT2D eigenvalue weighted by atomic mass is 127. The molecule has 0 fully saturated rings. The number of rotatable bonds is 6. The van der Waals surface area contributed by atoms with E-state index in [0.29, 0.717) is 22.6 Å². The number of halogens is 3. The molecule has 0 saturated carbocycles. The molecule has 0 radical (unpaired) electrons. The van der Waals surface area contributed by atoms with Gasteiger partial charge in [-0.15, -0.1) is 0 Å². The Morgan fingerprint density at radius 3 is 2.47 bits per heavy atom. The number of nitrogens with zero attached hydrogens (tertiary/aromatic N) is 1. The largest absolute Gasteiger partial charge is 0.487 e. The van der Waals surface area contributed by atoms with Gasteiger partial charge in [-0.1, -0.05) is 30.3 Å². The number of nitriles is 1. The van der Waals surface area contributed by atoms with Crippen molar-refractivity contribution in [3.05, 3.63) is 95.4 Å². The summed E-state index contributed by atoms with van der Waals surface area (Å²) in [6, 6.07) is 17.7. The number of ether oxygens (including phenoxy) is 1. The SMILES string of the molecule is Cc1cccc(NC(=O)/C(C#N)=C/c2cc(I)c(OCc3ccccc3F)c(I)c2)c1C. The van der Waals surface area contributed by atoms with Crippen molar-refractivity contribution in [2.45, 2.75) is 20.5 Å². The van der Waals surface area contributed by atoms with Crippen LogP contribution in [-0.4, -0.2) is 5.91 Å². The number of hydrogen-bond donors (Lipinski definition) is 1. The molecular formula is C25H19FI2N2O2. The lowest BCUT2D eigenvalue weighted by Crippen LogP contribution is -2.14. The zero-order chi connectivity index (χ0) is 23.3. The molecule has 4 nitrogen and oxygen atoms in total. The van der Waals surface area contributed by atoms with Crippen LogP contribution in [0.3, 0.4) is 0 Å². The second kappa shape index (κ2) is 10.9. The summed E-state index contributed by atoms with van der Waals surface area (Å²) in [5.74, 6) is -0.151. The van der Waals surface area contributed by atoms with E-state index < -0.39 is 5.91 Å². The molecule has 0 aromatic heterocycles. The second-order valence-electron chi connectivity index (χ2n) is 7.07. The Kier molecular flexibility index (Phi) is 8.26. The summed E-state index contributed by atoms with van der Waals surface area (Å²) < 4.78 is 21.3. The molecule has 7 heteroatoms. The van der Waals surface area contributed by atoms with Gasteiger partial charge in [-0.3, -0.25) is 4.79 Å². The molecule has 32 heavy (non-hydrogen) atoms. The molecule has 0 aliphatic heterocycles. The van der Waals surface area contributed by atoms with Gasteiger partial charge < -0.3 is 10.1 Å². The molecule has 162 valence electrons. The number of carbonyl (C=O) groups is 1. The quantitative estimate of drug-likeness (QED) is 0.182. The van der Waals surface area contributed by atoms with Gasteiger partial charge in [0, 0.05) is 11.3 Å². The van der Waals surface area contributed by atoms with Crippen LogP contribution in [0.2, 0.25) is 0 Å². The van der Waals surface area contributed by atoms with E-state index >= 15 is 0 Å². The van der Waals surface area contributed by atoms with Crippen molar-refractivity contribution < 1.29 is 13.9 Å². The maximum absolute atomic E-state index is 13.9. The highest BCUT2D eigenvalue weighted by molar-refractivity contribution is 14.1. The molecule has 0 bridgehead atoms. The van der Waals surface area contributed by atoms with E-state index in [0.717, 1.165) is 18.3 Å². The molecule has 3 aromatic rings. The molecule has 3 rings (SSSR count). The number of carbonyl (C=O) groups excluding carboxylic acids is 1. The highest BCUT2D eigenvalue weighted by Gasteiger charge is 2.14. The molecule has 0 spiro atoms. The maximum Gasteiger partial charge on any atom is 0.266 e. The fraction of sp³-hybridized carbons (Fsp3) is 0.120. The van der Waals surface area contributed by atoms with E-state index in [1.807, 2.05) is 50.2 Å². The van der Waals surface area contributed by atoms with E-state index in [1.54, 1.807) is 24.3 Å². The van der Waals surface area contributed by atoms with Crippen LogP contribution in [0.5, 0.6) is 5.75 Å². The monoisotopic (exact) mass is 652 g/mol. The van der Waals surface area contributed by atoms with Crippen LogP contribution in [-0.2, 0) is 11.4 Å². The fourth-order valence-corrected chi connectivity index (χ4v) is 5.09. The molecule has 3 aromatic carbocycles. The predicted octanol–water partition coefficient (Wildman–Crippen LogP) is 6.78. The van der Waals surface area contributed by atoms with Gasteiger partial charge in [-0.2, -0.15) is 5.26 Å². The van der Waals surface area contributed by atoms with Crippen molar-refractivity contribution >= 4 is 62.9 Å². The van der Waals surface area contributed by atoms with Gasteiger partial charge in [-0.05, 0) is 106 Å². The Balaban J connectivity index is 1.80. The average Bonchev–Trinajstić information content (AvgIpc) is 2.75. The van der Waals surface area contributed by atoms with Gasteiger partial charge in [0.15, 0.2) is 0 Å². The van der Waals surface area contributed by atoms with Gasteiger partial charge in [0.05, 0.1) is 7.14 Å². The third-order valence-corrected chi connectivity index (χ3v) is 6.48. The minimum absolute atomic E-state index is 0.00229. The van der Waals surface area contributed by atoms with Crippen molar-refractivity contribution in [3.8, 4) is 11.8 Å². The predicted molar refractivity (Wildman–Crippen MR) is 141 cm³/mol. The first-order valence-corrected chi connectivity index (χ1v) is 11.8. The minimum atomic E-state index is -0.467. The summed E-state index contributed by atoms with van der Waals surface area (Å²) in [7, 11) is 0. The van der Waals surface area contributed by atoms with Crippen LogP contribution in [0.25, 0.3) is 6.08 Å². The smallest absolute Gasteiger partial charge is 0.266 e. The third-order valence-electron chi connectivity index (χ3n) is 4.88. The molecule has 0 atom stereocenters. The lowest BCUT2D eigenvalue weighted by molar-refractivity contribution is -0.112. The summed E-state index contributed by atoms with van der Waals surface area (Å²) >= 11 is 4.26. The molecule has 0 saturated heterocycles. The van der Waals surface area contributed by atoms with Crippen LogP contribution < -0.4 is 10.1 Å². The molecular weight excluding hydrogens is 633 g/mol. The first-order chi connectivity index (χ1) is 15.3. The zero-order valence-electron chi connectivity index (χ0n) is 17.4. The highest BCUT2D eigenvalue weighted by Crippen LogP contribution is 2.31. The van der Waals surface area contributed by atoms with Crippen molar-refractivity contribution in [2.75, 3.05) is 5.32 Å². The minimum Gasteiger partial charge on any atom is -0.487 e. The number of nitrogens with one attached hydrogen (secondary N) is 1. The van der Waals surface area contributed by atoms with Gasteiger partial charge in [0.1, 0.15) is 29.8 Å². The Morgan fingerprint density at radius 2 is 1.81 bits per heavy atom. The fourth-order valence-electron chi connectivity index (χ4n) is 2.96. The standard InChI is InChI=1S/C25H19FI2N2O2/c1-15-6-5-9-23(16(15)2)30-25(31)19(13-29)10-17-11-21(27)24(22(28)12-17)32-14-18-7-3-4-8-20(18)26/h3-12H,14H2,1-2H3,(H,30,31)/b19-10+. The zero-order valence-corrected chi connectivity index (χ0v) is 21.7. The second-order valence-corrected chi connectivity index (χ2v) is 9.39. The van der Waals surface area contributed by atoms with Crippen molar-refractivity contribution in [3.63, 3.8) is 0 Å². The number of anilines is 1. The molecule has 1 N–H and O–H groups in total. The molecule has 0 heterocycles. The first-order valence-electron chi connectivity index (χ1n) is 9.64. The van der Waals surface area contributed by atoms with E-state index in [2.05, 4.69) is 50.5 Å². The third kappa shape index (κ3) is 5.86. The van der Waals surface area contributed by atoms with Crippen LogP contribution >= 0.6 is 45.2 Å². The van der Waals surface area contributed by atoms with E-state index in [1.165, 1.54) is 6.07 Å². The summed E-state index contributed by atoms with van der Waals surface area (Å²) in [5, 5.41) is 12.4. The summed E-state index contributed by atoms with van der Waals surface area (Å²) in [4.78, 5) is 12.7. The Hall–Kier alpha value is -2.45. The topological polar surface area (TPSA) is 62.1 Å². The summed E-state index contributed by atoms with van der Waals surface area (Å²) in [6.07, 6.45) is 1.55. The number of aryl methyl sites for hydroxylation is 1. The lowest BCUT2D eigenvalue weighted by atomic mass is 10.1. The molecule has 1 amide bonds. The Morgan fingerprint density at radius 1 is 1.12 bits per heavy atom. The van der Waals surface area contributed by atoms with Crippen LogP contribution in [0.4, 0.5) is 10.1 Å². The van der Waals surface area contributed by atoms with Crippen LogP contribution in [0.1, 0.15) is 22.3 Å². The first kappa shape index (κ1) is 24.2. The van der Waals surface area contributed by atoms with E-state index in [4.69, 9.17) is 4.74 Å². The van der Waals surface area contributed by atoms with Gasteiger partial charge in [-0.25, -0.2) is 4.39 Å². The van der Waals surface area contributed by atoms with Gasteiger partial charge in [0.25, 0.3) is 5.91 Å². The average molecular weight is 652 g/mol.